The first-order valence-corrected chi connectivity index (χ1v) is 13.4. The molecule has 0 radical (unpaired) electrons. The summed E-state index contributed by atoms with van der Waals surface area (Å²) in [7, 11) is 3.20. The smallest absolute Gasteiger partial charge is 0.220 e. The second-order valence-electron chi connectivity index (χ2n) is 9.06. The first-order chi connectivity index (χ1) is 19.7. The third-order valence-corrected chi connectivity index (χ3v) is 6.29. The van der Waals surface area contributed by atoms with Gasteiger partial charge in [0.05, 0.1) is 13.1 Å². The van der Waals surface area contributed by atoms with Crippen molar-refractivity contribution in [3.8, 4) is 0 Å². The summed E-state index contributed by atoms with van der Waals surface area (Å²) in [5, 5.41) is 12.2. The lowest BCUT2D eigenvalue weighted by molar-refractivity contribution is -0.121. The van der Waals surface area contributed by atoms with Gasteiger partial charge >= 0.3 is 0 Å². The summed E-state index contributed by atoms with van der Waals surface area (Å²) in [5.41, 5.74) is 21.9. The highest BCUT2D eigenvalue weighted by Gasteiger charge is 2.11. The number of carbonyl (C=O) groups excluding carboxylic acids is 4. The molecule has 0 aliphatic rings. The van der Waals surface area contributed by atoms with Gasteiger partial charge in [-0.3, -0.25) is 19.2 Å². The van der Waals surface area contributed by atoms with Crippen LogP contribution in [0.3, 0.4) is 0 Å². The Morgan fingerprint density at radius 1 is 0.689 bits per heavy atom. The van der Waals surface area contributed by atoms with Crippen molar-refractivity contribution >= 4 is 23.4 Å². The monoisotopic (exact) mass is 626 g/mol. The van der Waals surface area contributed by atoms with E-state index in [4.69, 9.17) is 11.1 Å². The quantitative estimate of drug-likeness (QED) is 0.0876. The van der Waals surface area contributed by atoms with Crippen LogP contribution in [0.15, 0.2) is 46.6 Å². The zero-order valence-corrected chi connectivity index (χ0v) is 24.1. The van der Waals surface area contributed by atoms with Crippen LogP contribution in [0.1, 0.15) is 107 Å². The van der Waals surface area contributed by atoms with Crippen molar-refractivity contribution < 1.29 is 19.2 Å². The Morgan fingerprint density at radius 3 is 1.60 bits per heavy atom. The van der Waals surface area contributed by atoms with Crippen molar-refractivity contribution in [3.05, 3.63) is 90.7 Å². The molecule has 2 rings (SSSR count). The molecular formula is C33H54N8O4. The van der Waals surface area contributed by atoms with Crippen molar-refractivity contribution in [2.75, 3.05) is 14.1 Å². The highest BCUT2D eigenvalue weighted by atomic mass is 16.2. The second-order valence-corrected chi connectivity index (χ2v) is 9.06. The number of amides is 2. The van der Waals surface area contributed by atoms with Crippen LogP contribution < -0.4 is 10.6 Å². The molecule has 12 heteroatoms. The molecule has 0 heterocycles. The van der Waals surface area contributed by atoms with Crippen molar-refractivity contribution in [2.24, 2.45) is 10.2 Å². The van der Waals surface area contributed by atoms with E-state index < -0.39 is 0 Å². The van der Waals surface area contributed by atoms with Crippen LogP contribution in [0, 0.1) is 0 Å². The predicted molar refractivity (Wildman–Crippen MR) is 184 cm³/mol. The number of carbonyl (C=O) groups is 4. The van der Waals surface area contributed by atoms with E-state index in [9.17, 15) is 19.2 Å². The minimum absolute atomic E-state index is 0. The molecule has 0 spiro atoms. The first-order valence-electron chi connectivity index (χ1n) is 13.4. The van der Waals surface area contributed by atoms with Crippen molar-refractivity contribution in [3.63, 3.8) is 0 Å². The largest absolute Gasteiger partial charge is 0.359 e. The summed E-state index contributed by atoms with van der Waals surface area (Å²) in [6.07, 6.45) is 3.24. The minimum atomic E-state index is -0.0321. The Kier molecular flexibility index (Phi) is 28.3. The topological polar surface area (TPSA) is 190 Å². The molecule has 0 atom stereocenters. The molecule has 0 bridgehead atoms. The molecule has 0 saturated carbocycles. The summed E-state index contributed by atoms with van der Waals surface area (Å²) < 4.78 is 0. The number of Topliss-reactive ketones (excluding diaryl/α,β-unsaturated/α-hetero) is 2. The van der Waals surface area contributed by atoms with E-state index in [0.29, 0.717) is 56.1 Å². The van der Waals surface area contributed by atoms with E-state index in [1.807, 2.05) is 37.3 Å². The average Bonchev–Trinajstić information content (AvgIpc) is 3.00. The van der Waals surface area contributed by atoms with Crippen molar-refractivity contribution in [1.29, 1.82) is 0 Å². The Hall–Kier alpha value is -4.66. The third kappa shape index (κ3) is 17.9. The summed E-state index contributed by atoms with van der Waals surface area (Å²) >= 11 is 0. The highest BCUT2D eigenvalue weighted by molar-refractivity contribution is 5.97. The maximum absolute atomic E-state index is 11.8. The molecule has 0 saturated heterocycles. The van der Waals surface area contributed by atoms with Gasteiger partial charge in [-0.1, -0.05) is 90.2 Å². The summed E-state index contributed by atoms with van der Waals surface area (Å²) in [6.45, 7) is 3.98. The van der Waals surface area contributed by atoms with Gasteiger partial charge in [-0.15, -0.1) is 0 Å². The molecule has 2 aromatic carbocycles. The Balaban J connectivity index is -0.000000343. The van der Waals surface area contributed by atoms with E-state index in [1.54, 1.807) is 27.1 Å². The first kappa shape index (κ1) is 47.3. The van der Waals surface area contributed by atoms with Crippen LogP contribution >= 0.6 is 0 Å². The maximum Gasteiger partial charge on any atom is 0.220 e. The Bertz CT molecular complexity index is 1310. The van der Waals surface area contributed by atoms with Crippen molar-refractivity contribution in [2.45, 2.75) is 102 Å². The molecule has 2 amide bonds. The van der Waals surface area contributed by atoms with E-state index in [1.165, 1.54) is 0 Å². The van der Waals surface area contributed by atoms with Crippen LogP contribution in [-0.4, -0.2) is 37.5 Å². The predicted octanol–water partition coefficient (Wildman–Crippen LogP) is 8.01. The number of azide groups is 2. The molecule has 45 heavy (non-hydrogen) atoms. The summed E-state index contributed by atoms with van der Waals surface area (Å²) in [6, 6.07) is 11.1. The lowest BCUT2D eigenvalue weighted by atomic mass is 9.97. The SMILES string of the molecule is C.C.C.C.CCC(=O)Cc1ccc(CCC(=O)NC)cc1CN=[N+]=[N-].CCC(=O)c1ccc(CCC(=O)NC)cc1CN=[N+]=[N-]. The lowest BCUT2D eigenvalue weighted by Gasteiger charge is -2.09. The maximum atomic E-state index is 11.8. The number of hydrogen-bond donors (Lipinski definition) is 2. The Morgan fingerprint density at radius 2 is 1.16 bits per heavy atom. The number of aryl methyl sites for hydroxylation is 2. The molecule has 0 aromatic heterocycles. The number of nitrogens with zero attached hydrogens (tertiary/aromatic N) is 6. The van der Waals surface area contributed by atoms with Gasteiger partial charge < -0.3 is 10.6 Å². The van der Waals surface area contributed by atoms with Gasteiger partial charge in [-0.05, 0) is 51.7 Å². The van der Waals surface area contributed by atoms with Gasteiger partial charge in [0.15, 0.2) is 5.78 Å². The molecule has 0 aliphatic heterocycles. The number of rotatable bonds is 15. The fraction of sp³-hybridized carbons (Fsp3) is 0.515. The van der Waals surface area contributed by atoms with Crippen LogP contribution in [0.4, 0.5) is 0 Å². The van der Waals surface area contributed by atoms with Gasteiger partial charge in [0, 0.05) is 61.6 Å². The van der Waals surface area contributed by atoms with Gasteiger partial charge in [-0.25, -0.2) is 0 Å². The fourth-order valence-corrected chi connectivity index (χ4v) is 3.87. The summed E-state index contributed by atoms with van der Waals surface area (Å²) in [4.78, 5) is 51.4. The van der Waals surface area contributed by atoms with Crippen molar-refractivity contribution in [1.82, 2.24) is 10.6 Å². The molecule has 0 fully saturated rings. The third-order valence-electron chi connectivity index (χ3n) is 6.29. The second kappa shape index (κ2) is 26.9. The van der Waals surface area contributed by atoms with Crippen LogP contribution in [0.2, 0.25) is 0 Å². The average molecular weight is 627 g/mol. The van der Waals surface area contributed by atoms with E-state index in [0.717, 1.165) is 22.3 Å². The molecule has 2 N–H and O–H groups in total. The van der Waals surface area contributed by atoms with Gasteiger partial charge in [0.1, 0.15) is 5.78 Å². The molecule has 250 valence electrons. The molecule has 0 unspecified atom stereocenters. The number of ketones is 2. The van der Waals surface area contributed by atoms with Gasteiger partial charge in [0.2, 0.25) is 11.8 Å². The van der Waals surface area contributed by atoms with E-state index in [2.05, 4.69) is 30.7 Å². The lowest BCUT2D eigenvalue weighted by Crippen LogP contribution is -2.18. The van der Waals surface area contributed by atoms with Gasteiger partial charge in [-0.2, -0.15) is 0 Å². The number of hydrogen-bond acceptors (Lipinski definition) is 6. The number of nitrogens with one attached hydrogen (secondary N) is 2. The molecular weight excluding hydrogens is 572 g/mol. The van der Waals surface area contributed by atoms with Crippen LogP contribution in [0.5, 0.6) is 0 Å². The molecule has 0 aliphatic carbocycles. The molecule has 2 aromatic rings. The minimum Gasteiger partial charge on any atom is -0.359 e. The standard InChI is InChI=1S/C15H20N4O2.C14H18N4O2.4CH4/c1-3-14(20)9-12-6-4-11(5-7-15(21)17-2)8-13(12)10-18-19-16;1-3-13(19)12-6-4-10(5-7-14(20)16-2)8-11(12)9-17-18-15;;;;/h4,6,8H,3,5,7,9-10H2,1-2H3,(H,17,21);4,6,8H,3,5,7,9H2,1-2H3,(H,16,20);4*1H4. The zero-order chi connectivity index (χ0) is 30.6. The normalized spacial score (nSPS) is 8.89. The fourth-order valence-electron chi connectivity index (χ4n) is 3.87. The summed E-state index contributed by atoms with van der Waals surface area (Å²) in [5.74, 6) is 0.119. The number of benzene rings is 2. The zero-order valence-electron chi connectivity index (χ0n) is 24.1. The molecule has 12 nitrogen and oxygen atoms in total. The highest BCUT2D eigenvalue weighted by Crippen LogP contribution is 2.18. The van der Waals surface area contributed by atoms with Gasteiger partial charge in [0.25, 0.3) is 0 Å². The van der Waals surface area contributed by atoms with E-state index in [-0.39, 0.29) is 66.2 Å². The Labute approximate surface area is 269 Å². The van der Waals surface area contributed by atoms with Crippen LogP contribution in [0.25, 0.3) is 20.9 Å². The van der Waals surface area contributed by atoms with E-state index >= 15 is 0 Å². The van der Waals surface area contributed by atoms with Crippen LogP contribution in [-0.2, 0) is 46.7 Å².